The normalized spacial score (nSPS) is 13.3. The first kappa shape index (κ1) is 108. The molecule has 3 unspecified atom stereocenters. The van der Waals surface area contributed by atoms with Crippen LogP contribution in [0.3, 0.4) is 0 Å². The number of hydrogen-bond acceptors (Lipinski definition) is 14. The van der Waals surface area contributed by atoms with Gasteiger partial charge in [-0.3, -0.25) is 39.1 Å². The summed E-state index contributed by atoms with van der Waals surface area (Å²) in [5, 5.41) is 49.9. The molecule has 6 aromatic carbocycles. The molecule has 0 bridgehead atoms. The van der Waals surface area contributed by atoms with Crippen LogP contribution in [0.25, 0.3) is 0 Å². The van der Waals surface area contributed by atoms with E-state index in [1.807, 2.05) is 60.7 Å². The van der Waals surface area contributed by atoms with Gasteiger partial charge in [0.15, 0.2) is 23.3 Å². The number of benzene rings is 6. The van der Waals surface area contributed by atoms with Gasteiger partial charge >= 0.3 is 11.9 Å². The van der Waals surface area contributed by atoms with Crippen molar-refractivity contribution in [1.29, 1.82) is 10.8 Å². The SMILES string of the molecule is CC(C)c1c(F)c(F)c(C=N)c(F)c1F.CC(C)c1ccc(CC(=O)NO)cc1.CC(C)c1ccc(CC(C(=O)O)N(C)C)cc1.CC(C)c1ccc(N2C(=O)CC(SCC(N)C(=O)O)C2=O)cc1.CC(C)c1ccc(N=NN2CCCCC2)cc1.Cc1cc(C(C)C)cc(C)c1OCC=N.[Cu].[Cu].[Cu].[Cu].[Pd].[Pd]. The Kier molecular flexibility index (Phi) is 55.8. The number of carbonyl (C=O) groups is 5. The zero-order valence-corrected chi connectivity index (χ0v) is 70.9. The molecule has 2 aliphatic rings. The molecule has 6 aromatic rings. The number of hydroxylamine groups is 1. The van der Waals surface area contributed by atoms with Crippen molar-refractivity contribution >= 4 is 65.2 Å². The summed E-state index contributed by atoms with van der Waals surface area (Å²) < 4.78 is 58.3. The second kappa shape index (κ2) is 55.2. The summed E-state index contributed by atoms with van der Waals surface area (Å²) in [6, 6.07) is 34.5. The molecule has 0 aromatic heterocycles. The van der Waals surface area contributed by atoms with E-state index in [-0.39, 0.29) is 152 Å². The van der Waals surface area contributed by atoms with Crippen LogP contribution in [-0.4, -0.2) is 124 Å². The first-order valence-corrected chi connectivity index (χ1v) is 35.1. The first-order valence-electron chi connectivity index (χ1n) is 34.0. The van der Waals surface area contributed by atoms with Crippen molar-refractivity contribution in [1.82, 2.24) is 15.4 Å². The third-order valence-corrected chi connectivity index (χ3v) is 17.9. The number of anilines is 1. The number of aliphatic carboxylic acids is 2. The molecule has 3 atom stereocenters. The zero-order valence-electron chi connectivity index (χ0n) is 63.2. The van der Waals surface area contributed by atoms with Crippen molar-refractivity contribution in [2.24, 2.45) is 16.1 Å². The van der Waals surface area contributed by atoms with Gasteiger partial charge < -0.3 is 31.5 Å². The van der Waals surface area contributed by atoms with E-state index in [4.69, 9.17) is 36.7 Å². The number of nitrogens with two attached hydrogens (primary N) is 1. The van der Waals surface area contributed by atoms with Crippen molar-refractivity contribution < 1.29 is 171 Å². The monoisotopic (exact) mass is 1880 g/mol. The number of carboxylic acids is 2. The standard InChI is InChI=1S/C16H20N2O4S.C14H21N3.C14H21NO2.C13H19NO.C11H15NO2.C10H9F4N.4Cu.2Pd/c1-9(2)10-3-5-11(6-4-10)18-14(19)7-13(15(18)20)23-8-12(17)16(21)22;1-12(2)13-6-8-14(9-7-13)15-16-17-10-4-3-5-11-17;1-10(2)12-7-5-11(6-8-12)9-13(14(16)17)15(3)4;1-9(2)12-7-10(3)13(11(4)8-12)15-6-5-14;1-8(2)10-5-3-9(4-6-10)7-11(13)12-14;1-4(2)6-9(13)7(11)5(3-15)8(12)10(6)14;;;;;;/h3-6,9,12-13H,7-8,17H2,1-2H3,(H,21,22);6-9,12H,3-5,10-11H2,1-2H3;5-8,10,13H,9H2,1-4H3,(H,16,17);5,7-9,14H,6H2,1-4H3;3-6,8,14H,7H2,1-2H3,(H,12,13);3-4,15H,1-2H3;;;;;;. The number of ether oxygens (including phenoxy) is 1. The van der Waals surface area contributed by atoms with Crippen LogP contribution in [0, 0.1) is 47.9 Å². The van der Waals surface area contributed by atoms with Crippen LogP contribution in [0.2, 0.25) is 0 Å². The summed E-state index contributed by atoms with van der Waals surface area (Å²) in [5.74, 6) is -5.93. The third kappa shape index (κ3) is 36.2. The first-order chi connectivity index (χ1) is 47.6. The van der Waals surface area contributed by atoms with Crippen molar-refractivity contribution in [2.75, 3.05) is 44.4 Å². The predicted octanol–water partition coefficient (Wildman–Crippen LogP) is 16.9. The van der Waals surface area contributed by atoms with E-state index in [0.717, 1.165) is 64.1 Å². The molecule has 2 aliphatic heterocycles. The van der Waals surface area contributed by atoms with Gasteiger partial charge in [-0.2, -0.15) is 0 Å². The Morgan fingerprint density at radius 1 is 0.636 bits per heavy atom. The van der Waals surface area contributed by atoms with E-state index >= 15 is 0 Å². The maximum absolute atomic E-state index is 13.3. The second-order valence-electron chi connectivity index (χ2n) is 26.8. The van der Waals surface area contributed by atoms with E-state index in [1.54, 1.807) is 36.6 Å². The zero-order chi connectivity index (χ0) is 76.0. The fourth-order valence-corrected chi connectivity index (χ4v) is 11.4. The number of nitrogens with one attached hydrogen (secondary N) is 3. The minimum Gasteiger partial charge on any atom is -0.487 e. The van der Waals surface area contributed by atoms with E-state index < -0.39 is 69.6 Å². The molecule has 614 valence electrons. The van der Waals surface area contributed by atoms with Gasteiger partial charge in [0.1, 0.15) is 24.4 Å². The van der Waals surface area contributed by atoms with Gasteiger partial charge in [-0.1, -0.05) is 173 Å². The Labute approximate surface area is 704 Å². The third-order valence-electron chi connectivity index (χ3n) is 16.5. The molecular weight excluding hydrogens is 1780 g/mol. The molecular formula is C78H105Cu4F4N9O9Pd2S. The topological polar surface area (TPSA) is 275 Å². The number of imide groups is 1. The van der Waals surface area contributed by atoms with Crippen molar-refractivity contribution in [3.05, 3.63) is 194 Å². The Hall–Kier alpha value is -5.24. The molecule has 2 saturated heterocycles. The quantitative estimate of drug-likeness (QED) is 0.00460. The van der Waals surface area contributed by atoms with Gasteiger partial charge in [-0.05, 0) is 163 Å². The molecule has 29 heteroatoms. The van der Waals surface area contributed by atoms with Crippen LogP contribution in [-0.2, 0) is 146 Å². The molecule has 0 aliphatic carbocycles. The largest absolute Gasteiger partial charge is 0.487 e. The van der Waals surface area contributed by atoms with Gasteiger partial charge in [-0.25, -0.2) is 27.9 Å². The van der Waals surface area contributed by atoms with Gasteiger partial charge in [-0.15, -0.1) is 16.9 Å². The summed E-state index contributed by atoms with van der Waals surface area (Å²) in [6.45, 7) is 30.8. The molecule has 0 saturated carbocycles. The van der Waals surface area contributed by atoms with E-state index in [2.05, 4.69) is 135 Å². The number of nitrogens with zero attached hydrogens (tertiary/aromatic N) is 5. The maximum atomic E-state index is 13.3. The Morgan fingerprint density at radius 2 is 1.06 bits per heavy atom. The minimum absolute atomic E-state index is 0. The summed E-state index contributed by atoms with van der Waals surface area (Å²) in [6.07, 6.45) is 6.17. The number of thioether (sulfide) groups is 1. The average Bonchev–Trinajstić information content (AvgIpc) is 1.63. The molecule has 2 fully saturated rings. The summed E-state index contributed by atoms with van der Waals surface area (Å²) in [7, 11) is 3.59. The number of carboxylic acid groups (broad SMARTS) is 2. The van der Waals surface area contributed by atoms with Gasteiger partial charge in [0, 0.05) is 152 Å². The molecule has 2 heterocycles. The fourth-order valence-electron chi connectivity index (χ4n) is 10.3. The van der Waals surface area contributed by atoms with Gasteiger partial charge in [0.2, 0.25) is 17.7 Å². The average molecular weight is 1890 g/mol. The van der Waals surface area contributed by atoms with Crippen LogP contribution in [0.1, 0.15) is 205 Å². The second-order valence-corrected chi connectivity index (χ2v) is 28.0. The Bertz CT molecular complexity index is 3650. The summed E-state index contributed by atoms with van der Waals surface area (Å²) in [5.41, 5.74) is 17.5. The molecule has 107 heavy (non-hydrogen) atoms. The molecule has 8 rings (SSSR count). The minimum atomic E-state index is -1.52. The number of rotatable bonds is 23. The summed E-state index contributed by atoms with van der Waals surface area (Å²) in [4.78, 5) is 60.1. The van der Waals surface area contributed by atoms with E-state index in [0.29, 0.717) is 48.3 Å². The number of hydrogen-bond donors (Lipinski definition) is 7. The molecule has 18 nitrogen and oxygen atoms in total. The number of amides is 3. The number of aryl methyl sites for hydroxylation is 2. The Morgan fingerprint density at radius 3 is 1.43 bits per heavy atom. The Balaban J connectivity index is -0.000000593. The van der Waals surface area contributed by atoms with Crippen molar-refractivity contribution in [3.8, 4) is 5.75 Å². The van der Waals surface area contributed by atoms with Crippen molar-refractivity contribution in [2.45, 2.75) is 188 Å². The molecule has 0 spiro atoms. The number of piperidine rings is 1. The number of halogens is 4. The molecule has 8 N–H and O–H groups in total. The van der Waals surface area contributed by atoms with Crippen LogP contribution in [0.5, 0.6) is 5.75 Å². The maximum Gasteiger partial charge on any atom is 0.321 e. The van der Waals surface area contributed by atoms with Crippen LogP contribution in [0.15, 0.2) is 120 Å². The van der Waals surface area contributed by atoms with Gasteiger partial charge in [0.05, 0.1) is 28.6 Å². The van der Waals surface area contributed by atoms with Gasteiger partial charge in [0.25, 0.3) is 0 Å². The van der Waals surface area contributed by atoms with Crippen LogP contribution >= 0.6 is 11.8 Å². The molecule has 4 radical (unpaired) electrons. The van der Waals surface area contributed by atoms with Crippen LogP contribution in [0.4, 0.5) is 28.9 Å². The number of carbonyl (C=O) groups excluding carboxylic acids is 3. The van der Waals surface area contributed by atoms with E-state index in [9.17, 15) is 41.5 Å². The smallest absolute Gasteiger partial charge is 0.321 e. The fraction of sp³-hybridized carbons (Fsp3) is 0.449. The predicted molar refractivity (Wildman–Crippen MR) is 396 cm³/mol. The number of likely N-dealkylation sites (N-methyl/N-ethyl adjacent to an activating group) is 1. The van der Waals surface area contributed by atoms with E-state index in [1.165, 1.54) is 66.5 Å². The van der Waals surface area contributed by atoms with Crippen LogP contribution < -0.4 is 20.9 Å². The van der Waals surface area contributed by atoms with Crippen molar-refractivity contribution in [3.63, 3.8) is 0 Å². The summed E-state index contributed by atoms with van der Waals surface area (Å²) >= 11 is 1.12. The molecule has 3 amide bonds.